The third kappa shape index (κ3) is 3.76. The van der Waals surface area contributed by atoms with Gasteiger partial charge in [0.15, 0.2) is 0 Å². The van der Waals surface area contributed by atoms with Gasteiger partial charge in [-0.15, -0.1) is 0 Å². The molecule has 1 aliphatic carbocycles. The Balaban J connectivity index is 1.91. The fourth-order valence-corrected chi connectivity index (χ4v) is 1.95. The lowest BCUT2D eigenvalue weighted by Gasteiger charge is -2.23. The summed E-state index contributed by atoms with van der Waals surface area (Å²) in [4.78, 5) is 11.8. The highest BCUT2D eigenvalue weighted by atomic mass is 16.6. The second-order valence-electron chi connectivity index (χ2n) is 6.11. The van der Waals surface area contributed by atoms with Gasteiger partial charge in [-0.2, -0.15) is 0 Å². The highest BCUT2D eigenvalue weighted by Gasteiger charge is 2.47. The Bertz CT molecular complexity index is 416. The van der Waals surface area contributed by atoms with Crippen LogP contribution < -0.4 is 5.32 Å². The molecule has 3 heteroatoms. The maximum Gasteiger partial charge on any atom is 0.408 e. The number of hydrogen-bond donors (Lipinski definition) is 1. The van der Waals surface area contributed by atoms with E-state index >= 15 is 0 Å². The molecule has 98 valence electrons. The molecule has 0 unspecified atom stereocenters. The number of hydrogen-bond acceptors (Lipinski definition) is 2. The molecule has 1 saturated carbocycles. The second-order valence-corrected chi connectivity index (χ2v) is 6.11. The van der Waals surface area contributed by atoms with Crippen LogP contribution in [0.15, 0.2) is 30.3 Å². The van der Waals surface area contributed by atoms with Gasteiger partial charge in [0.25, 0.3) is 0 Å². The normalized spacial score (nSPS) is 17.1. The van der Waals surface area contributed by atoms with Gasteiger partial charge in [0.2, 0.25) is 0 Å². The molecule has 0 aromatic heterocycles. The van der Waals surface area contributed by atoms with Gasteiger partial charge in [-0.3, -0.25) is 0 Å². The molecular formula is C15H21NO2. The minimum Gasteiger partial charge on any atom is -0.443 e. The summed E-state index contributed by atoms with van der Waals surface area (Å²) in [6, 6.07) is 10.2. The smallest absolute Gasteiger partial charge is 0.408 e. The average Bonchev–Trinajstić information content (AvgIpc) is 2.95. The van der Waals surface area contributed by atoms with E-state index in [2.05, 4.69) is 17.4 Å². The largest absolute Gasteiger partial charge is 0.443 e. The summed E-state index contributed by atoms with van der Waals surface area (Å²) in [7, 11) is 0. The molecule has 3 nitrogen and oxygen atoms in total. The maximum absolute atomic E-state index is 11.8. The molecule has 1 amide bonds. The van der Waals surface area contributed by atoms with Gasteiger partial charge in [0.05, 0.1) is 0 Å². The van der Waals surface area contributed by atoms with Crippen LogP contribution in [0.5, 0.6) is 0 Å². The molecule has 1 N–H and O–H groups in total. The highest BCUT2D eigenvalue weighted by molar-refractivity contribution is 5.69. The fraction of sp³-hybridized carbons (Fsp3) is 0.533. The maximum atomic E-state index is 11.8. The molecule has 0 spiro atoms. The topological polar surface area (TPSA) is 38.3 Å². The molecular weight excluding hydrogens is 226 g/mol. The first-order valence-electron chi connectivity index (χ1n) is 6.44. The van der Waals surface area contributed by atoms with E-state index in [1.165, 1.54) is 5.56 Å². The predicted octanol–water partition coefficient (Wildman–Crippen LogP) is 3.29. The summed E-state index contributed by atoms with van der Waals surface area (Å²) in [6.07, 6.45) is 2.42. The van der Waals surface area contributed by atoms with Gasteiger partial charge < -0.3 is 10.1 Å². The standard InChI is InChI=1S/C15H21NO2/c1-14(2,3)16-13(17)18-15(9-10-15)11-12-7-5-4-6-8-12/h4-8H,9-11H2,1-3H3,(H,16,17). The second kappa shape index (κ2) is 4.63. The molecule has 0 saturated heterocycles. The third-order valence-electron chi connectivity index (χ3n) is 2.96. The quantitative estimate of drug-likeness (QED) is 0.890. The number of ether oxygens (including phenoxy) is 1. The lowest BCUT2D eigenvalue weighted by atomic mass is 10.1. The summed E-state index contributed by atoms with van der Waals surface area (Å²) in [5.41, 5.74) is 0.704. The number of nitrogens with one attached hydrogen (secondary N) is 1. The minimum absolute atomic E-state index is 0.250. The average molecular weight is 247 g/mol. The van der Waals surface area contributed by atoms with Crippen molar-refractivity contribution in [1.82, 2.24) is 5.32 Å². The molecule has 0 aliphatic heterocycles. The van der Waals surface area contributed by atoms with Crippen molar-refractivity contribution in [3.63, 3.8) is 0 Å². The summed E-state index contributed by atoms with van der Waals surface area (Å²) >= 11 is 0. The molecule has 0 heterocycles. The first-order valence-corrected chi connectivity index (χ1v) is 6.44. The number of rotatable bonds is 3. The van der Waals surface area contributed by atoms with Crippen LogP contribution in [-0.4, -0.2) is 17.2 Å². The van der Waals surface area contributed by atoms with Crippen LogP contribution in [0.3, 0.4) is 0 Å². The minimum atomic E-state index is -0.309. The lowest BCUT2D eigenvalue weighted by Crippen LogP contribution is -2.43. The zero-order valence-electron chi connectivity index (χ0n) is 11.3. The Kier molecular flexibility index (Phi) is 3.33. The Hall–Kier alpha value is -1.51. The van der Waals surface area contributed by atoms with Gasteiger partial charge >= 0.3 is 6.09 Å². The van der Waals surface area contributed by atoms with Crippen molar-refractivity contribution in [2.75, 3.05) is 0 Å². The zero-order chi connectivity index (χ0) is 13.2. The van der Waals surface area contributed by atoms with Crippen molar-refractivity contribution in [2.45, 2.75) is 51.2 Å². The van der Waals surface area contributed by atoms with Gasteiger partial charge in [-0.05, 0) is 39.2 Å². The van der Waals surface area contributed by atoms with Gasteiger partial charge in [-0.1, -0.05) is 30.3 Å². The van der Waals surface area contributed by atoms with E-state index in [1.54, 1.807) is 0 Å². The van der Waals surface area contributed by atoms with Crippen molar-refractivity contribution in [3.8, 4) is 0 Å². The molecule has 0 bridgehead atoms. The Labute approximate surface area is 109 Å². The lowest BCUT2D eigenvalue weighted by molar-refractivity contribution is 0.0769. The molecule has 18 heavy (non-hydrogen) atoms. The Morgan fingerprint density at radius 3 is 2.39 bits per heavy atom. The van der Waals surface area contributed by atoms with Crippen molar-refractivity contribution >= 4 is 6.09 Å². The van der Waals surface area contributed by atoms with E-state index < -0.39 is 0 Å². The highest BCUT2D eigenvalue weighted by Crippen LogP contribution is 2.42. The molecule has 1 fully saturated rings. The third-order valence-corrected chi connectivity index (χ3v) is 2.96. The number of benzene rings is 1. The number of amides is 1. The van der Waals surface area contributed by atoms with Crippen LogP contribution in [0.4, 0.5) is 4.79 Å². The van der Waals surface area contributed by atoms with Crippen LogP contribution in [0.25, 0.3) is 0 Å². The van der Waals surface area contributed by atoms with E-state index in [0.29, 0.717) is 0 Å². The molecule has 0 radical (unpaired) electrons. The Morgan fingerprint density at radius 1 is 1.28 bits per heavy atom. The van der Waals surface area contributed by atoms with Gasteiger partial charge in [0, 0.05) is 12.0 Å². The van der Waals surface area contributed by atoms with Crippen LogP contribution in [0, 0.1) is 0 Å². The van der Waals surface area contributed by atoms with Gasteiger partial charge in [0.1, 0.15) is 5.60 Å². The van der Waals surface area contributed by atoms with Crippen LogP contribution in [0.2, 0.25) is 0 Å². The zero-order valence-corrected chi connectivity index (χ0v) is 11.3. The molecule has 1 aliphatic rings. The van der Waals surface area contributed by atoms with Crippen molar-refractivity contribution < 1.29 is 9.53 Å². The van der Waals surface area contributed by atoms with E-state index in [1.807, 2.05) is 39.0 Å². The molecule has 0 atom stereocenters. The summed E-state index contributed by atoms with van der Waals surface area (Å²) < 4.78 is 5.58. The predicted molar refractivity (Wildman–Crippen MR) is 71.5 cm³/mol. The first-order chi connectivity index (χ1) is 8.39. The SMILES string of the molecule is CC(C)(C)NC(=O)OC1(Cc2ccccc2)CC1. The molecule has 1 aromatic carbocycles. The van der Waals surface area contributed by atoms with Crippen molar-refractivity contribution in [1.29, 1.82) is 0 Å². The van der Waals surface area contributed by atoms with Crippen LogP contribution in [-0.2, 0) is 11.2 Å². The first kappa shape index (κ1) is 12.9. The number of alkyl carbamates (subject to hydrolysis) is 1. The van der Waals surface area contributed by atoms with Gasteiger partial charge in [-0.25, -0.2) is 4.79 Å². The van der Waals surface area contributed by atoms with Crippen molar-refractivity contribution in [2.24, 2.45) is 0 Å². The molecule has 2 rings (SSSR count). The van der Waals surface area contributed by atoms with Crippen LogP contribution >= 0.6 is 0 Å². The monoisotopic (exact) mass is 247 g/mol. The van der Waals surface area contributed by atoms with Crippen LogP contribution in [0.1, 0.15) is 39.2 Å². The number of carbonyl (C=O) groups is 1. The Morgan fingerprint density at radius 2 is 1.89 bits per heavy atom. The summed E-state index contributed by atoms with van der Waals surface area (Å²) in [5.74, 6) is 0. The number of carbonyl (C=O) groups excluding carboxylic acids is 1. The van der Waals surface area contributed by atoms with E-state index in [0.717, 1.165) is 19.3 Å². The molecule has 1 aromatic rings. The van der Waals surface area contributed by atoms with E-state index in [9.17, 15) is 4.79 Å². The summed E-state index contributed by atoms with van der Waals surface area (Å²) in [5, 5.41) is 2.84. The van der Waals surface area contributed by atoms with Crippen molar-refractivity contribution in [3.05, 3.63) is 35.9 Å². The van der Waals surface area contributed by atoms with E-state index in [-0.39, 0.29) is 17.2 Å². The fourth-order valence-electron chi connectivity index (χ4n) is 1.95. The summed E-state index contributed by atoms with van der Waals surface area (Å²) in [6.45, 7) is 5.85. The van der Waals surface area contributed by atoms with E-state index in [4.69, 9.17) is 4.74 Å².